The van der Waals surface area contributed by atoms with Crippen LogP contribution < -0.4 is 11.1 Å². The molecular formula is C14H17N7OS. The van der Waals surface area contributed by atoms with Gasteiger partial charge >= 0.3 is 0 Å². The van der Waals surface area contributed by atoms with Crippen LogP contribution in [0.3, 0.4) is 0 Å². The number of carbonyl (C=O) groups excluding carboxylic acids is 1. The lowest BCUT2D eigenvalue weighted by Gasteiger charge is -2.19. The van der Waals surface area contributed by atoms with Crippen molar-refractivity contribution in [3.63, 3.8) is 0 Å². The van der Waals surface area contributed by atoms with Crippen LogP contribution in [0.25, 0.3) is 11.0 Å². The predicted molar refractivity (Wildman–Crippen MR) is 88.3 cm³/mol. The van der Waals surface area contributed by atoms with Crippen molar-refractivity contribution >= 4 is 34.1 Å². The van der Waals surface area contributed by atoms with Gasteiger partial charge in [-0.1, -0.05) is 0 Å². The summed E-state index contributed by atoms with van der Waals surface area (Å²) >= 11 is 1.37. The lowest BCUT2D eigenvalue weighted by molar-refractivity contribution is 0.0996. The number of aromatic nitrogens is 5. The lowest BCUT2D eigenvalue weighted by Crippen LogP contribution is -2.23. The Morgan fingerprint density at radius 3 is 2.83 bits per heavy atom. The minimum absolute atomic E-state index is 0.168. The van der Waals surface area contributed by atoms with Crippen LogP contribution in [-0.4, -0.2) is 30.6 Å². The summed E-state index contributed by atoms with van der Waals surface area (Å²) in [7, 11) is 0. The molecule has 0 atom stereocenters. The van der Waals surface area contributed by atoms with Crippen molar-refractivity contribution in [3.05, 3.63) is 28.6 Å². The number of nitrogens with two attached hydrogens (primary N) is 1. The van der Waals surface area contributed by atoms with Gasteiger partial charge in [0.25, 0.3) is 5.91 Å². The van der Waals surface area contributed by atoms with Crippen LogP contribution in [-0.2, 0) is 12.1 Å². The highest BCUT2D eigenvalue weighted by atomic mass is 32.1. The highest BCUT2D eigenvalue weighted by Crippen LogP contribution is 2.24. The fraction of sp³-hybridized carbons (Fsp3) is 0.357. The van der Waals surface area contributed by atoms with Gasteiger partial charge in [-0.05, 0) is 20.8 Å². The van der Waals surface area contributed by atoms with Crippen molar-refractivity contribution in [2.45, 2.75) is 32.9 Å². The number of carbonyl (C=O) groups is 1. The summed E-state index contributed by atoms with van der Waals surface area (Å²) in [6.07, 6.45) is 3.25. The van der Waals surface area contributed by atoms with Crippen LogP contribution in [0, 0.1) is 0 Å². The molecule has 0 aliphatic carbocycles. The number of nitrogens with one attached hydrogen (secondary N) is 1. The molecule has 0 bridgehead atoms. The number of anilines is 1. The van der Waals surface area contributed by atoms with Crippen molar-refractivity contribution in [1.82, 2.24) is 24.7 Å². The first-order chi connectivity index (χ1) is 10.9. The average Bonchev–Trinajstić information content (AvgIpc) is 3.11. The smallest absolute Gasteiger partial charge is 0.268 e. The Balaban J connectivity index is 1.85. The Kier molecular flexibility index (Phi) is 3.72. The average molecular weight is 331 g/mol. The number of hydrogen-bond donors (Lipinski definition) is 2. The third kappa shape index (κ3) is 3.00. The van der Waals surface area contributed by atoms with Gasteiger partial charge < -0.3 is 11.1 Å². The summed E-state index contributed by atoms with van der Waals surface area (Å²) in [6, 6.07) is 0. The summed E-state index contributed by atoms with van der Waals surface area (Å²) in [4.78, 5) is 23.8. The number of primary amides is 1. The fourth-order valence-corrected chi connectivity index (χ4v) is 2.86. The largest absolute Gasteiger partial charge is 0.364 e. The Bertz CT molecular complexity index is 862. The van der Waals surface area contributed by atoms with Gasteiger partial charge in [-0.15, -0.1) is 11.3 Å². The Morgan fingerprint density at radius 2 is 2.17 bits per heavy atom. The topological polar surface area (TPSA) is 112 Å². The standard InChI is InChI=1S/C14H17N7OS/c1-14(2,3)21-13-8(4-19-21)12(17-7-18-13)16-5-10-20-9(6-23-10)11(15)22/h4,6-7H,5H2,1-3H3,(H2,15,22)(H,16,17,18). The molecule has 0 aromatic carbocycles. The van der Waals surface area contributed by atoms with Crippen LogP contribution in [0.2, 0.25) is 0 Å². The number of fused-ring (bicyclic) bond motifs is 1. The molecule has 1 amide bonds. The summed E-state index contributed by atoms with van der Waals surface area (Å²) in [5, 5.41) is 10.9. The van der Waals surface area contributed by atoms with E-state index in [-0.39, 0.29) is 11.2 Å². The van der Waals surface area contributed by atoms with E-state index < -0.39 is 5.91 Å². The maximum absolute atomic E-state index is 11.1. The molecule has 0 fully saturated rings. The van der Waals surface area contributed by atoms with Gasteiger partial charge in [0.2, 0.25) is 0 Å². The summed E-state index contributed by atoms with van der Waals surface area (Å²) in [6.45, 7) is 6.64. The second-order valence-corrected chi connectivity index (χ2v) is 6.97. The van der Waals surface area contributed by atoms with E-state index >= 15 is 0 Å². The first kappa shape index (κ1) is 15.3. The summed E-state index contributed by atoms with van der Waals surface area (Å²) < 4.78 is 1.86. The highest BCUT2D eigenvalue weighted by Gasteiger charge is 2.19. The van der Waals surface area contributed by atoms with Crippen LogP contribution in [0.5, 0.6) is 0 Å². The van der Waals surface area contributed by atoms with E-state index in [1.807, 2.05) is 4.68 Å². The van der Waals surface area contributed by atoms with Crippen molar-refractivity contribution < 1.29 is 4.79 Å². The second-order valence-electron chi connectivity index (χ2n) is 6.03. The number of rotatable bonds is 4. The molecule has 9 heteroatoms. The maximum Gasteiger partial charge on any atom is 0.268 e. The number of hydrogen-bond acceptors (Lipinski definition) is 7. The maximum atomic E-state index is 11.1. The van der Waals surface area contributed by atoms with E-state index in [9.17, 15) is 4.79 Å². The number of nitrogens with zero attached hydrogens (tertiary/aromatic N) is 5. The zero-order valence-electron chi connectivity index (χ0n) is 13.1. The Hall–Kier alpha value is -2.55. The minimum atomic E-state index is -0.525. The van der Waals surface area contributed by atoms with Crippen molar-refractivity contribution in [3.8, 4) is 0 Å². The molecule has 0 unspecified atom stereocenters. The van der Waals surface area contributed by atoms with E-state index in [2.05, 4.69) is 46.1 Å². The van der Waals surface area contributed by atoms with Crippen molar-refractivity contribution in [2.75, 3.05) is 5.32 Å². The lowest BCUT2D eigenvalue weighted by atomic mass is 10.1. The second kappa shape index (κ2) is 5.58. The molecule has 3 aromatic heterocycles. The molecule has 0 saturated heterocycles. The summed E-state index contributed by atoms with van der Waals surface area (Å²) in [5.74, 6) is 0.157. The monoisotopic (exact) mass is 331 g/mol. The summed E-state index contributed by atoms with van der Waals surface area (Å²) in [5.41, 5.74) is 6.09. The molecular weight excluding hydrogens is 314 g/mol. The minimum Gasteiger partial charge on any atom is -0.364 e. The molecule has 0 saturated carbocycles. The van der Waals surface area contributed by atoms with Crippen LogP contribution in [0.4, 0.5) is 5.82 Å². The third-order valence-electron chi connectivity index (χ3n) is 3.21. The fourth-order valence-electron chi connectivity index (χ4n) is 2.14. The first-order valence-corrected chi connectivity index (χ1v) is 7.91. The van der Waals surface area contributed by atoms with E-state index in [1.165, 1.54) is 17.7 Å². The molecule has 0 spiro atoms. The molecule has 8 nitrogen and oxygen atoms in total. The van der Waals surface area contributed by atoms with Gasteiger partial charge in [-0.25, -0.2) is 19.6 Å². The van der Waals surface area contributed by atoms with E-state index in [0.29, 0.717) is 12.4 Å². The van der Waals surface area contributed by atoms with Gasteiger partial charge in [0.05, 0.1) is 23.7 Å². The SMILES string of the molecule is CC(C)(C)n1ncc2c(NCc3nc(C(N)=O)cs3)ncnc21. The normalized spacial score (nSPS) is 11.8. The number of amides is 1. The Labute approximate surface area is 136 Å². The predicted octanol–water partition coefficient (Wildman–Crippen LogP) is 1.75. The molecule has 120 valence electrons. The Morgan fingerprint density at radius 1 is 1.39 bits per heavy atom. The third-order valence-corrected chi connectivity index (χ3v) is 4.06. The van der Waals surface area contributed by atoms with Gasteiger partial charge in [0, 0.05) is 5.38 Å². The van der Waals surface area contributed by atoms with Crippen LogP contribution in [0.1, 0.15) is 36.3 Å². The molecule has 3 aromatic rings. The van der Waals surface area contributed by atoms with E-state index in [1.54, 1.807) is 11.6 Å². The van der Waals surface area contributed by atoms with Gasteiger partial charge in [-0.3, -0.25) is 4.79 Å². The highest BCUT2D eigenvalue weighted by molar-refractivity contribution is 7.09. The molecule has 3 rings (SSSR count). The molecule has 0 radical (unpaired) electrons. The van der Waals surface area contributed by atoms with Gasteiger partial charge in [0.1, 0.15) is 22.8 Å². The zero-order chi connectivity index (χ0) is 16.6. The molecule has 23 heavy (non-hydrogen) atoms. The zero-order valence-corrected chi connectivity index (χ0v) is 13.9. The first-order valence-electron chi connectivity index (χ1n) is 7.03. The van der Waals surface area contributed by atoms with Gasteiger partial charge in [-0.2, -0.15) is 5.10 Å². The molecule has 0 aliphatic heterocycles. The molecule has 0 aliphatic rings. The molecule has 3 N–H and O–H groups in total. The van der Waals surface area contributed by atoms with Crippen molar-refractivity contribution in [1.29, 1.82) is 0 Å². The van der Waals surface area contributed by atoms with Gasteiger partial charge in [0.15, 0.2) is 5.65 Å². The molecule has 3 heterocycles. The van der Waals surface area contributed by atoms with Crippen molar-refractivity contribution in [2.24, 2.45) is 5.73 Å². The van der Waals surface area contributed by atoms with Crippen LogP contribution in [0.15, 0.2) is 17.9 Å². The number of thiazole rings is 1. The van der Waals surface area contributed by atoms with E-state index in [4.69, 9.17) is 5.73 Å². The van der Waals surface area contributed by atoms with E-state index in [0.717, 1.165) is 16.0 Å². The quantitative estimate of drug-likeness (QED) is 0.753. The van der Waals surface area contributed by atoms with Crippen LogP contribution >= 0.6 is 11.3 Å².